The van der Waals surface area contributed by atoms with Crippen LogP contribution in [0.25, 0.3) is 0 Å². The molecule has 0 N–H and O–H groups in total. The van der Waals surface area contributed by atoms with Gasteiger partial charge in [-0.25, -0.2) is 0 Å². The molecule has 130 valence electrons. The van der Waals surface area contributed by atoms with Crippen molar-refractivity contribution in [3.05, 3.63) is 24.3 Å². The standard InChI is InChI=1S/C18H24N2O4/c1-13-11-19(18(22)14-6-8-24-9-7-14)12-17(21)20(13)15-4-3-5-16(10-15)23-2/h3-5,10,13-14H,6-9,11-12H2,1-2H3/t13-/m0/s1. The molecule has 0 spiro atoms. The molecule has 2 saturated heterocycles. The van der Waals surface area contributed by atoms with Crippen LogP contribution in [0.5, 0.6) is 5.75 Å². The molecule has 3 rings (SSSR count). The lowest BCUT2D eigenvalue weighted by atomic mass is 9.97. The van der Waals surface area contributed by atoms with Crippen LogP contribution < -0.4 is 9.64 Å². The summed E-state index contributed by atoms with van der Waals surface area (Å²) in [6.45, 7) is 3.92. The molecule has 2 heterocycles. The van der Waals surface area contributed by atoms with Gasteiger partial charge in [0.2, 0.25) is 11.8 Å². The van der Waals surface area contributed by atoms with Gasteiger partial charge in [0, 0.05) is 37.4 Å². The number of methoxy groups -OCH3 is 1. The van der Waals surface area contributed by atoms with Crippen LogP contribution in [0.2, 0.25) is 0 Å². The Balaban J connectivity index is 1.72. The molecule has 1 aromatic rings. The number of amides is 2. The summed E-state index contributed by atoms with van der Waals surface area (Å²) < 4.78 is 10.6. The molecule has 6 heteroatoms. The smallest absolute Gasteiger partial charge is 0.246 e. The summed E-state index contributed by atoms with van der Waals surface area (Å²) in [4.78, 5) is 28.8. The van der Waals surface area contributed by atoms with E-state index in [1.165, 1.54) is 0 Å². The highest BCUT2D eigenvalue weighted by molar-refractivity contribution is 5.98. The Hall–Kier alpha value is -2.08. The summed E-state index contributed by atoms with van der Waals surface area (Å²) in [5.41, 5.74) is 0.810. The summed E-state index contributed by atoms with van der Waals surface area (Å²) in [5.74, 6) is 0.738. The van der Waals surface area contributed by atoms with Gasteiger partial charge < -0.3 is 19.3 Å². The van der Waals surface area contributed by atoms with Crippen LogP contribution >= 0.6 is 0 Å². The average molecular weight is 332 g/mol. The van der Waals surface area contributed by atoms with E-state index in [1.807, 2.05) is 31.2 Å². The molecule has 0 saturated carbocycles. The highest BCUT2D eigenvalue weighted by Gasteiger charge is 2.36. The lowest BCUT2D eigenvalue weighted by molar-refractivity contribution is -0.143. The largest absolute Gasteiger partial charge is 0.497 e. The number of piperazine rings is 1. The predicted molar refractivity (Wildman–Crippen MR) is 90.1 cm³/mol. The molecular formula is C18H24N2O4. The molecule has 2 aliphatic heterocycles. The Morgan fingerprint density at radius 1 is 1.29 bits per heavy atom. The molecule has 24 heavy (non-hydrogen) atoms. The molecule has 1 aromatic carbocycles. The zero-order chi connectivity index (χ0) is 17.1. The normalized spacial score (nSPS) is 22.6. The van der Waals surface area contributed by atoms with Crippen molar-refractivity contribution in [1.29, 1.82) is 0 Å². The molecule has 0 bridgehead atoms. The molecule has 2 amide bonds. The van der Waals surface area contributed by atoms with Gasteiger partial charge >= 0.3 is 0 Å². The molecule has 1 atom stereocenters. The summed E-state index contributed by atoms with van der Waals surface area (Å²) in [6.07, 6.45) is 1.50. The Morgan fingerprint density at radius 2 is 2.04 bits per heavy atom. The summed E-state index contributed by atoms with van der Waals surface area (Å²) in [6, 6.07) is 7.40. The molecule has 2 fully saturated rings. The van der Waals surface area contributed by atoms with E-state index in [-0.39, 0.29) is 30.3 Å². The molecule has 2 aliphatic rings. The van der Waals surface area contributed by atoms with E-state index < -0.39 is 0 Å². The zero-order valence-electron chi connectivity index (χ0n) is 14.2. The minimum Gasteiger partial charge on any atom is -0.497 e. The highest BCUT2D eigenvalue weighted by Crippen LogP contribution is 2.27. The maximum absolute atomic E-state index is 12.7. The van der Waals surface area contributed by atoms with Crippen molar-refractivity contribution in [2.75, 3.05) is 38.3 Å². The number of hydrogen-bond donors (Lipinski definition) is 0. The molecule has 6 nitrogen and oxygen atoms in total. The molecular weight excluding hydrogens is 308 g/mol. The Morgan fingerprint density at radius 3 is 2.71 bits per heavy atom. The second-order valence-corrected chi connectivity index (χ2v) is 6.42. The van der Waals surface area contributed by atoms with Crippen molar-refractivity contribution in [2.45, 2.75) is 25.8 Å². The van der Waals surface area contributed by atoms with Crippen molar-refractivity contribution in [3.8, 4) is 5.75 Å². The molecule has 0 radical (unpaired) electrons. The van der Waals surface area contributed by atoms with Crippen LogP contribution in [0.4, 0.5) is 5.69 Å². The van der Waals surface area contributed by atoms with Gasteiger partial charge in [-0.1, -0.05) is 6.07 Å². The number of anilines is 1. The van der Waals surface area contributed by atoms with Crippen LogP contribution in [0.1, 0.15) is 19.8 Å². The van der Waals surface area contributed by atoms with Gasteiger partial charge in [0.1, 0.15) is 12.3 Å². The first-order valence-electron chi connectivity index (χ1n) is 8.43. The average Bonchev–Trinajstić information content (AvgIpc) is 2.61. The maximum atomic E-state index is 12.7. The fraction of sp³-hybridized carbons (Fsp3) is 0.556. The highest BCUT2D eigenvalue weighted by atomic mass is 16.5. The summed E-state index contributed by atoms with van der Waals surface area (Å²) in [5, 5.41) is 0. The minimum absolute atomic E-state index is 0.0119. The second kappa shape index (κ2) is 7.21. The number of hydrogen-bond acceptors (Lipinski definition) is 4. The van der Waals surface area contributed by atoms with E-state index in [2.05, 4.69) is 0 Å². The first-order valence-corrected chi connectivity index (χ1v) is 8.43. The quantitative estimate of drug-likeness (QED) is 0.845. The van der Waals surface area contributed by atoms with Crippen molar-refractivity contribution in [2.24, 2.45) is 5.92 Å². The van der Waals surface area contributed by atoms with Gasteiger partial charge in [-0.15, -0.1) is 0 Å². The number of carbonyl (C=O) groups is 2. The van der Waals surface area contributed by atoms with Crippen LogP contribution in [0.15, 0.2) is 24.3 Å². The lowest BCUT2D eigenvalue weighted by Crippen LogP contribution is -2.58. The van der Waals surface area contributed by atoms with Crippen molar-refractivity contribution in [1.82, 2.24) is 4.90 Å². The van der Waals surface area contributed by atoms with E-state index >= 15 is 0 Å². The minimum atomic E-state index is -0.0675. The fourth-order valence-electron chi connectivity index (χ4n) is 3.48. The first-order chi connectivity index (χ1) is 11.6. The Labute approximate surface area is 142 Å². The summed E-state index contributed by atoms with van der Waals surface area (Å²) >= 11 is 0. The third-order valence-corrected chi connectivity index (χ3v) is 4.73. The molecule has 0 aromatic heterocycles. The van der Waals surface area contributed by atoms with E-state index in [0.717, 1.165) is 18.5 Å². The van der Waals surface area contributed by atoms with Gasteiger partial charge in [0.15, 0.2) is 0 Å². The number of benzene rings is 1. The number of rotatable bonds is 3. The monoisotopic (exact) mass is 332 g/mol. The van der Waals surface area contributed by atoms with E-state index in [9.17, 15) is 9.59 Å². The third-order valence-electron chi connectivity index (χ3n) is 4.73. The van der Waals surface area contributed by atoms with Crippen molar-refractivity contribution < 1.29 is 19.1 Å². The second-order valence-electron chi connectivity index (χ2n) is 6.42. The zero-order valence-corrected chi connectivity index (χ0v) is 14.2. The Bertz CT molecular complexity index is 613. The van der Waals surface area contributed by atoms with Gasteiger partial charge in [-0.05, 0) is 31.9 Å². The van der Waals surface area contributed by atoms with Gasteiger partial charge in [-0.2, -0.15) is 0 Å². The van der Waals surface area contributed by atoms with E-state index in [0.29, 0.717) is 25.5 Å². The van der Waals surface area contributed by atoms with Crippen LogP contribution in [0, 0.1) is 5.92 Å². The van der Waals surface area contributed by atoms with Gasteiger partial charge in [0.25, 0.3) is 0 Å². The predicted octanol–water partition coefficient (Wildman–Crippen LogP) is 1.69. The summed E-state index contributed by atoms with van der Waals surface area (Å²) in [7, 11) is 1.61. The first kappa shape index (κ1) is 16.8. The van der Waals surface area contributed by atoms with Gasteiger partial charge in [-0.3, -0.25) is 9.59 Å². The number of ether oxygens (including phenoxy) is 2. The topological polar surface area (TPSA) is 59.1 Å². The van der Waals surface area contributed by atoms with E-state index in [1.54, 1.807) is 16.9 Å². The van der Waals surface area contributed by atoms with Crippen LogP contribution in [-0.2, 0) is 14.3 Å². The maximum Gasteiger partial charge on any atom is 0.246 e. The lowest BCUT2D eigenvalue weighted by Gasteiger charge is -2.41. The third kappa shape index (κ3) is 3.38. The Kier molecular flexibility index (Phi) is 5.04. The van der Waals surface area contributed by atoms with Crippen LogP contribution in [0.3, 0.4) is 0 Å². The number of nitrogens with zero attached hydrogens (tertiary/aromatic N) is 2. The van der Waals surface area contributed by atoms with E-state index in [4.69, 9.17) is 9.47 Å². The number of carbonyl (C=O) groups excluding carboxylic acids is 2. The van der Waals surface area contributed by atoms with Crippen LogP contribution in [-0.4, -0.2) is 56.2 Å². The fourth-order valence-corrected chi connectivity index (χ4v) is 3.48. The van der Waals surface area contributed by atoms with Crippen molar-refractivity contribution in [3.63, 3.8) is 0 Å². The van der Waals surface area contributed by atoms with Crippen molar-refractivity contribution >= 4 is 17.5 Å². The molecule has 0 unspecified atom stereocenters. The van der Waals surface area contributed by atoms with Gasteiger partial charge in [0.05, 0.1) is 13.2 Å². The molecule has 0 aliphatic carbocycles. The SMILES string of the molecule is COc1cccc(N2C(=O)CN(C(=O)C3CCOCC3)C[C@@H]2C)c1.